The van der Waals surface area contributed by atoms with E-state index in [9.17, 15) is 5.11 Å². The van der Waals surface area contributed by atoms with E-state index in [1.807, 2.05) is 67.6 Å². The molecule has 0 bridgehead atoms. The minimum atomic E-state index is -0.102. The number of para-hydroxylation sites is 2. The Morgan fingerprint density at radius 3 is 2.48 bits per heavy atom. The Labute approximate surface area is 121 Å². The van der Waals surface area contributed by atoms with Crippen molar-refractivity contribution in [2.75, 3.05) is 0 Å². The minimum Gasteiger partial charge on any atom is -0.837 e. The molecule has 0 saturated carbocycles. The molecule has 4 rings (SSSR count). The van der Waals surface area contributed by atoms with Crippen LogP contribution in [0.15, 0.2) is 60.7 Å². The van der Waals surface area contributed by atoms with E-state index in [0.29, 0.717) is 5.52 Å². The lowest BCUT2D eigenvalue weighted by Crippen LogP contribution is -2.26. The Bertz CT molecular complexity index is 958. The molecule has 0 fully saturated rings. The van der Waals surface area contributed by atoms with Crippen LogP contribution in [0.5, 0.6) is 5.88 Å². The Balaban J connectivity index is 2.13. The summed E-state index contributed by atoms with van der Waals surface area (Å²) >= 11 is 0. The predicted molar refractivity (Wildman–Crippen MR) is 78.4 cm³/mol. The average Bonchev–Trinajstić information content (AvgIpc) is 2.86. The maximum Gasteiger partial charge on any atom is 0.191 e. The predicted octanol–water partition coefficient (Wildman–Crippen LogP) is 2.15. The molecular weight excluding hydrogens is 262 g/mol. The number of hydrogen-bond acceptors (Lipinski definition) is 2. The first-order valence-corrected chi connectivity index (χ1v) is 6.81. The van der Waals surface area contributed by atoms with Gasteiger partial charge in [-0.1, -0.05) is 40.9 Å². The Morgan fingerprint density at radius 1 is 0.952 bits per heavy atom. The number of aromatic nitrogens is 3. The van der Waals surface area contributed by atoms with Crippen molar-refractivity contribution in [2.45, 2.75) is 6.92 Å². The molecule has 0 radical (unpaired) electrons. The molecule has 0 aliphatic carbocycles. The number of benzene rings is 2. The number of hydrogen-bond donors (Lipinski definition) is 0. The standard InChI is InChI=1S/C17H13N3O/c1-12-11-16-17(21)19(13-7-3-2-4-8-13)18-20(16)15-10-6-5-9-14(12)15/h2-11H,1H3. The molecule has 0 amide bonds. The van der Waals surface area contributed by atoms with E-state index in [1.165, 1.54) is 4.68 Å². The zero-order valence-electron chi connectivity index (χ0n) is 11.5. The lowest BCUT2D eigenvalue weighted by molar-refractivity contribution is -0.556. The van der Waals surface area contributed by atoms with E-state index in [2.05, 4.69) is 5.21 Å². The van der Waals surface area contributed by atoms with Crippen LogP contribution in [0.1, 0.15) is 5.56 Å². The summed E-state index contributed by atoms with van der Waals surface area (Å²) in [6, 6.07) is 19.4. The van der Waals surface area contributed by atoms with Gasteiger partial charge in [0.05, 0.1) is 0 Å². The smallest absolute Gasteiger partial charge is 0.191 e. The third-order valence-corrected chi connectivity index (χ3v) is 3.73. The van der Waals surface area contributed by atoms with E-state index in [4.69, 9.17) is 0 Å². The number of rotatable bonds is 1. The Kier molecular flexibility index (Phi) is 2.44. The summed E-state index contributed by atoms with van der Waals surface area (Å²) in [5.41, 5.74) is 3.39. The van der Waals surface area contributed by atoms with Crippen molar-refractivity contribution in [3.05, 3.63) is 66.2 Å². The number of pyridine rings is 1. The molecule has 0 N–H and O–H groups in total. The Morgan fingerprint density at radius 2 is 1.67 bits per heavy atom. The van der Waals surface area contributed by atoms with Gasteiger partial charge in [-0.2, -0.15) is 0 Å². The van der Waals surface area contributed by atoms with Crippen molar-refractivity contribution in [1.29, 1.82) is 0 Å². The third kappa shape index (κ3) is 1.69. The summed E-state index contributed by atoms with van der Waals surface area (Å²) in [4.78, 5) is 0. The van der Waals surface area contributed by atoms with E-state index < -0.39 is 0 Å². The Hall–Kier alpha value is -2.88. The normalized spacial score (nSPS) is 11.3. The SMILES string of the molecule is Cc1cc2c([O-])n(-c3ccccc3)n[n+]2c2ccccc12. The fourth-order valence-electron chi connectivity index (χ4n) is 2.69. The van der Waals surface area contributed by atoms with Gasteiger partial charge >= 0.3 is 0 Å². The van der Waals surface area contributed by atoms with Gasteiger partial charge in [-0.05, 0) is 36.8 Å². The molecule has 2 heterocycles. The number of nitrogens with zero attached hydrogens (tertiary/aromatic N) is 3. The van der Waals surface area contributed by atoms with Crippen molar-refractivity contribution in [1.82, 2.24) is 9.90 Å². The highest BCUT2D eigenvalue weighted by Gasteiger charge is 2.18. The molecule has 0 atom stereocenters. The third-order valence-electron chi connectivity index (χ3n) is 3.73. The van der Waals surface area contributed by atoms with Crippen LogP contribution in [-0.2, 0) is 0 Å². The highest BCUT2D eigenvalue weighted by molar-refractivity contribution is 5.81. The zero-order chi connectivity index (χ0) is 14.4. The summed E-state index contributed by atoms with van der Waals surface area (Å²) in [5.74, 6) is -0.102. The summed E-state index contributed by atoms with van der Waals surface area (Å²) in [7, 11) is 0. The van der Waals surface area contributed by atoms with Crippen LogP contribution in [-0.4, -0.2) is 9.90 Å². The van der Waals surface area contributed by atoms with Crippen molar-refractivity contribution < 1.29 is 9.62 Å². The maximum absolute atomic E-state index is 12.6. The second-order valence-corrected chi connectivity index (χ2v) is 5.08. The van der Waals surface area contributed by atoms with Crippen LogP contribution in [0.4, 0.5) is 0 Å². The van der Waals surface area contributed by atoms with Crippen molar-refractivity contribution >= 4 is 16.4 Å². The van der Waals surface area contributed by atoms with Crippen LogP contribution in [0.25, 0.3) is 22.1 Å². The second-order valence-electron chi connectivity index (χ2n) is 5.08. The van der Waals surface area contributed by atoms with Crippen LogP contribution in [0.2, 0.25) is 0 Å². The molecule has 4 aromatic rings. The molecule has 102 valence electrons. The van der Waals surface area contributed by atoms with Gasteiger partial charge in [0.1, 0.15) is 11.1 Å². The van der Waals surface area contributed by atoms with Crippen LogP contribution in [0.3, 0.4) is 0 Å². The lowest BCUT2D eigenvalue weighted by Gasteiger charge is -2.01. The van der Waals surface area contributed by atoms with Crippen LogP contribution in [0, 0.1) is 6.92 Å². The van der Waals surface area contributed by atoms with Gasteiger partial charge in [0.2, 0.25) is 0 Å². The van der Waals surface area contributed by atoms with Crippen molar-refractivity contribution in [2.24, 2.45) is 0 Å². The first kappa shape index (κ1) is 11.9. The molecule has 2 aromatic heterocycles. The molecule has 0 aliphatic rings. The summed E-state index contributed by atoms with van der Waals surface area (Å²) < 4.78 is 3.17. The molecule has 21 heavy (non-hydrogen) atoms. The van der Waals surface area contributed by atoms with Gasteiger partial charge in [-0.3, -0.25) is 0 Å². The van der Waals surface area contributed by atoms with Gasteiger partial charge < -0.3 is 5.11 Å². The maximum atomic E-state index is 12.6. The zero-order valence-corrected chi connectivity index (χ0v) is 11.5. The summed E-state index contributed by atoms with van der Waals surface area (Å²) in [6.45, 7) is 2.02. The molecule has 4 nitrogen and oxygen atoms in total. The topological polar surface area (TPSA) is 45.0 Å². The van der Waals surface area contributed by atoms with Gasteiger partial charge in [0.25, 0.3) is 0 Å². The van der Waals surface area contributed by atoms with Gasteiger partial charge in [-0.25, -0.2) is 0 Å². The van der Waals surface area contributed by atoms with Crippen LogP contribution < -0.4 is 9.62 Å². The molecule has 0 spiro atoms. The fraction of sp³-hybridized carbons (Fsp3) is 0.0588. The first-order chi connectivity index (χ1) is 10.3. The molecule has 0 aliphatic heterocycles. The van der Waals surface area contributed by atoms with E-state index in [-0.39, 0.29) is 5.88 Å². The first-order valence-electron chi connectivity index (χ1n) is 6.81. The van der Waals surface area contributed by atoms with Crippen molar-refractivity contribution in [3.63, 3.8) is 0 Å². The molecular formula is C17H13N3O. The molecule has 0 saturated heterocycles. The minimum absolute atomic E-state index is 0.102. The van der Waals surface area contributed by atoms with Crippen LogP contribution >= 0.6 is 0 Å². The van der Waals surface area contributed by atoms with E-state index >= 15 is 0 Å². The molecule has 0 unspecified atom stereocenters. The number of fused-ring (bicyclic) bond motifs is 3. The quantitative estimate of drug-likeness (QED) is 0.500. The monoisotopic (exact) mass is 275 g/mol. The highest BCUT2D eigenvalue weighted by Crippen LogP contribution is 2.22. The molecule has 2 aromatic carbocycles. The summed E-state index contributed by atoms with van der Waals surface area (Å²) in [5, 5.41) is 18.2. The van der Waals surface area contributed by atoms with Gasteiger partial charge in [0.15, 0.2) is 16.7 Å². The van der Waals surface area contributed by atoms with E-state index in [0.717, 1.165) is 22.2 Å². The highest BCUT2D eigenvalue weighted by atomic mass is 16.3. The molecule has 4 heteroatoms. The largest absolute Gasteiger partial charge is 0.837 e. The fourth-order valence-corrected chi connectivity index (χ4v) is 2.69. The van der Waals surface area contributed by atoms with Gasteiger partial charge in [-0.15, -0.1) is 4.68 Å². The van der Waals surface area contributed by atoms with Crippen molar-refractivity contribution in [3.8, 4) is 11.6 Å². The van der Waals surface area contributed by atoms with E-state index in [1.54, 1.807) is 4.52 Å². The lowest BCUT2D eigenvalue weighted by atomic mass is 10.1. The summed E-state index contributed by atoms with van der Waals surface area (Å²) in [6.07, 6.45) is 0. The van der Waals surface area contributed by atoms with Gasteiger partial charge in [0, 0.05) is 5.39 Å². The second kappa shape index (κ2) is 4.31. The average molecular weight is 275 g/mol. The number of aryl methyl sites for hydroxylation is 1.